The number of likely N-dealkylation sites (N-methyl/N-ethyl adjacent to an activating group) is 1. The molecule has 0 radical (unpaired) electrons. The Morgan fingerprint density at radius 1 is 1.53 bits per heavy atom. The summed E-state index contributed by atoms with van der Waals surface area (Å²) in [5.74, 6) is 0. The molecular weight excluding hydrogens is 212 g/mol. The predicted molar refractivity (Wildman–Crippen MR) is 59.8 cm³/mol. The highest BCUT2D eigenvalue weighted by Gasteiger charge is 2.20. The zero-order valence-corrected chi connectivity index (χ0v) is 9.54. The van der Waals surface area contributed by atoms with Crippen LogP contribution in [0.25, 0.3) is 0 Å². The Bertz CT molecular complexity index is 325. The Labute approximate surface area is 94.7 Å². The fourth-order valence-corrected chi connectivity index (χ4v) is 2.00. The van der Waals surface area contributed by atoms with Crippen LogP contribution in [0, 0.1) is 0 Å². The summed E-state index contributed by atoms with van der Waals surface area (Å²) in [6.07, 6.45) is 4.49. The van der Waals surface area contributed by atoms with Crippen molar-refractivity contribution >= 4 is 11.6 Å². The molecule has 4 nitrogen and oxygen atoms in total. The molecule has 5 heteroatoms. The van der Waals surface area contributed by atoms with Crippen molar-refractivity contribution in [3.05, 3.63) is 23.2 Å². The SMILES string of the molecule is CN(Cc1nccnc1Cl)[C@H]1CCNC1. The predicted octanol–water partition coefficient (Wildman–Crippen LogP) is 0.924. The number of halogens is 1. The van der Waals surface area contributed by atoms with Gasteiger partial charge in [-0.05, 0) is 20.0 Å². The molecule has 82 valence electrons. The maximum Gasteiger partial charge on any atom is 0.151 e. The maximum atomic E-state index is 5.96. The summed E-state index contributed by atoms with van der Waals surface area (Å²) in [7, 11) is 2.10. The standard InChI is InChI=1S/C10H15ClN4/c1-15(8-2-3-12-6-8)7-9-10(11)14-5-4-13-9/h4-5,8,12H,2-3,6-7H2,1H3/t8-/m0/s1. The van der Waals surface area contributed by atoms with E-state index in [0.717, 1.165) is 25.3 Å². The molecule has 1 N–H and O–H groups in total. The second-order valence-corrected chi connectivity index (χ2v) is 4.21. The van der Waals surface area contributed by atoms with Gasteiger partial charge in [0.1, 0.15) is 0 Å². The summed E-state index contributed by atoms with van der Waals surface area (Å²) < 4.78 is 0. The quantitative estimate of drug-likeness (QED) is 0.833. The van der Waals surface area contributed by atoms with Gasteiger partial charge in [0.05, 0.1) is 5.69 Å². The number of rotatable bonds is 3. The molecule has 0 spiro atoms. The molecule has 0 aromatic carbocycles. The third-order valence-electron chi connectivity index (χ3n) is 2.78. The zero-order valence-electron chi connectivity index (χ0n) is 8.78. The molecule has 1 fully saturated rings. The van der Waals surface area contributed by atoms with E-state index in [0.29, 0.717) is 11.2 Å². The Morgan fingerprint density at radius 2 is 2.33 bits per heavy atom. The number of hydrogen-bond donors (Lipinski definition) is 1. The first kappa shape index (κ1) is 10.8. The minimum absolute atomic E-state index is 0.510. The van der Waals surface area contributed by atoms with Crippen molar-refractivity contribution in [2.24, 2.45) is 0 Å². The van der Waals surface area contributed by atoms with Crippen LogP contribution in [0.4, 0.5) is 0 Å². The first-order valence-electron chi connectivity index (χ1n) is 5.13. The molecule has 0 unspecified atom stereocenters. The molecular formula is C10H15ClN4. The van der Waals surface area contributed by atoms with Gasteiger partial charge in [0.25, 0.3) is 0 Å². The lowest BCUT2D eigenvalue weighted by atomic mass is 10.2. The van der Waals surface area contributed by atoms with Crippen LogP contribution >= 0.6 is 11.6 Å². The maximum absolute atomic E-state index is 5.96. The van der Waals surface area contributed by atoms with Crippen molar-refractivity contribution < 1.29 is 0 Å². The van der Waals surface area contributed by atoms with E-state index in [1.165, 1.54) is 6.42 Å². The molecule has 1 aliphatic heterocycles. The third-order valence-corrected chi connectivity index (χ3v) is 3.10. The fourth-order valence-electron chi connectivity index (χ4n) is 1.84. The smallest absolute Gasteiger partial charge is 0.151 e. The zero-order chi connectivity index (χ0) is 10.7. The highest BCUT2D eigenvalue weighted by atomic mass is 35.5. The van der Waals surface area contributed by atoms with Crippen LogP contribution in [0.3, 0.4) is 0 Å². The van der Waals surface area contributed by atoms with Gasteiger partial charge in [-0.2, -0.15) is 0 Å². The van der Waals surface area contributed by atoms with E-state index in [1.807, 2.05) is 0 Å². The second-order valence-electron chi connectivity index (χ2n) is 3.86. The van der Waals surface area contributed by atoms with Gasteiger partial charge in [-0.1, -0.05) is 11.6 Å². The van der Waals surface area contributed by atoms with Gasteiger partial charge in [-0.15, -0.1) is 0 Å². The number of aromatic nitrogens is 2. The third kappa shape index (κ3) is 2.65. The van der Waals surface area contributed by atoms with Crippen LogP contribution in [-0.4, -0.2) is 41.0 Å². The summed E-state index contributed by atoms with van der Waals surface area (Å²) in [4.78, 5) is 10.5. The molecule has 1 aromatic heterocycles. The van der Waals surface area contributed by atoms with Crippen molar-refractivity contribution in [1.82, 2.24) is 20.2 Å². The van der Waals surface area contributed by atoms with Gasteiger partial charge >= 0.3 is 0 Å². The molecule has 1 atom stereocenters. The van der Waals surface area contributed by atoms with E-state index < -0.39 is 0 Å². The summed E-state index contributed by atoms with van der Waals surface area (Å²) in [6.45, 7) is 2.91. The normalized spacial score (nSPS) is 21.1. The largest absolute Gasteiger partial charge is 0.315 e. The second kappa shape index (κ2) is 4.88. The summed E-state index contributed by atoms with van der Waals surface area (Å²) >= 11 is 5.96. The van der Waals surface area contributed by atoms with E-state index in [-0.39, 0.29) is 0 Å². The summed E-state index contributed by atoms with van der Waals surface area (Å²) in [5.41, 5.74) is 0.855. The molecule has 1 aliphatic rings. The Balaban J connectivity index is 1.99. The van der Waals surface area contributed by atoms with Crippen LogP contribution in [0.15, 0.2) is 12.4 Å². The minimum Gasteiger partial charge on any atom is -0.315 e. The monoisotopic (exact) mass is 226 g/mol. The number of nitrogens with one attached hydrogen (secondary N) is 1. The number of nitrogens with zero attached hydrogens (tertiary/aromatic N) is 3. The van der Waals surface area contributed by atoms with Crippen molar-refractivity contribution in [1.29, 1.82) is 0 Å². The van der Waals surface area contributed by atoms with Crippen LogP contribution in [0.2, 0.25) is 5.15 Å². The van der Waals surface area contributed by atoms with Gasteiger partial charge in [0.15, 0.2) is 5.15 Å². The van der Waals surface area contributed by atoms with Crippen LogP contribution in [0.1, 0.15) is 12.1 Å². The topological polar surface area (TPSA) is 41.1 Å². The van der Waals surface area contributed by atoms with E-state index in [9.17, 15) is 0 Å². The van der Waals surface area contributed by atoms with Crippen LogP contribution in [-0.2, 0) is 6.54 Å². The van der Waals surface area contributed by atoms with Gasteiger partial charge in [0.2, 0.25) is 0 Å². The molecule has 1 aromatic rings. The first-order chi connectivity index (χ1) is 7.27. The van der Waals surface area contributed by atoms with Gasteiger partial charge in [-0.3, -0.25) is 9.88 Å². The average Bonchev–Trinajstić information content (AvgIpc) is 2.74. The summed E-state index contributed by atoms with van der Waals surface area (Å²) in [6, 6.07) is 0.586. The fraction of sp³-hybridized carbons (Fsp3) is 0.600. The molecule has 15 heavy (non-hydrogen) atoms. The van der Waals surface area contributed by atoms with Crippen molar-refractivity contribution in [3.63, 3.8) is 0 Å². The first-order valence-corrected chi connectivity index (χ1v) is 5.51. The molecule has 0 bridgehead atoms. The van der Waals surface area contributed by atoms with Gasteiger partial charge in [-0.25, -0.2) is 4.98 Å². The highest BCUT2D eigenvalue weighted by Crippen LogP contribution is 2.14. The highest BCUT2D eigenvalue weighted by molar-refractivity contribution is 6.29. The molecule has 0 saturated carbocycles. The molecule has 2 rings (SSSR count). The van der Waals surface area contributed by atoms with E-state index in [1.54, 1.807) is 12.4 Å². The number of hydrogen-bond acceptors (Lipinski definition) is 4. The van der Waals surface area contributed by atoms with Crippen molar-refractivity contribution in [2.45, 2.75) is 19.0 Å². The molecule has 0 amide bonds. The Hall–Kier alpha value is -0.710. The molecule has 1 saturated heterocycles. The van der Waals surface area contributed by atoms with Crippen LogP contribution < -0.4 is 5.32 Å². The molecule has 0 aliphatic carbocycles. The lowest BCUT2D eigenvalue weighted by Crippen LogP contribution is -2.33. The van der Waals surface area contributed by atoms with E-state index >= 15 is 0 Å². The van der Waals surface area contributed by atoms with Gasteiger partial charge < -0.3 is 5.32 Å². The van der Waals surface area contributed by atoms with E-state index in [4.69, 9.17) is 11.6 Å². The van der Waals surface area contributed by atoms with Crippen molar-refractivity contribution in [2.75, 3.05) is 20.1 Å². The summed E-state index contributed by atoms with van der Waals surface area (Å²) in [5, 5.41) is 3.85. The Kier molecular flexibility index (Phi) is 3.51. The van der Waals surface area contributed by atoms with Crippen molar-refractivity contribution in [3.8, 4) is 0 Å². The minimum atomic E-state index is 0.510. The molecule has 2 heterocycles. The Morgan fingerprint density at radius 3 is 3.00 bits per heavy atom. The van der Waals surface area contributed by atoms with Gasteiger partial charge in [0, 0.05) is 31.5 Å². The lowest BCUT2D eigenvalue weighted by Gasteiger charge is -2.22. The van der Waals surface area contributed by atoms with E-state index in [2.05, 4.69) is 27.2 Å². The average molecular weight is 227 g/mol. The lowest BCUT2D eigenvalue weighted by molar-refractivity contribution is 0.246. The van der Waals surface area contributed by atoms with Crippen LogP contribution in [0.5, 0.6) is 0 Å².